The molecule has 1 fully saturated rings. The fourth-order valence-electron chi connectivity index (χ4n) is 2.47. The molecule has 4 heteroatoms. The first kappa shape index (κ1) is 10.9. The third kappa shape index (κ3) is 2.37. The Balaban J connectivity index is 1.68. The summed E-state index contributed by atoms with van der Waals surface area (Å²) in [6.07, 6.45) is 1.83. The average Bonchev–Trinajstić information content (AvgIpc) is 2.76. The van der Waals surface area contributed by atoms with Crippen molar-refractivity contribution >= 4 is 0 Å². The second-order valence-corrected chi connectivity index (χ2v) is 4.72. The molecule has 1 N–H and O–H groups in total. The van der Waals surface area contributed by atoms with Crippen LogP contribution in [0.15, 0.2) is 18.2 Å². The zero-order valence-corrected chi connectivity index (χ0v) is 9.76. The van der Waals surface area contributed by atoms with Gasteiger partial charge in [-0.15, -0.1) is 0 Å². The van der Waals surface area contributed by atoms with E-state index in [4.69, 9.17) is 9.47 Å². The number of hydrogen-bond donors (Lipinski definition) is 1. The van der Waals surface area contributed by atoms with E-state index in [1.165, 1.54) is 5.56 Å². The quantitative estimate of drug-likeness (QED) is 0.840. The van der Waals surface area contributed by atoms with Gasteiger partial charge in [0.05, 0.1) is 6.10 Å². The molecule has 17 heavy (non-hydrogen) atoms. The Labute approximate surface area is 101 Å². The van der Waals surface area contributed by atoms with Crippen LogP contribution in [0.3, 0.4) is 0 Å². The topological polar surface area (TPSA) is 41.9 Å². The molecule has 2 aliphatic heterocycles. The third-order valence-corrected chi connectivity index (χ3v) is 3.32. The van der Waals surface area contributed by atoms with E-state index in [1.807, 2.05) is 12.1 Å². The van der Waals surface area contributed by atoms with Gasteiger partial charge >= 0.3 is 0 Å². The van der Waals surface area contributed by atoms with Crippen LogP contribution in [0.1, 0.15) is 18.4 Å². The first-order chi connectivity index (χ1) is 8.31. The molecule has 0 bridgehead atoms. The van der Waals surface area contributed by atoms with Crippen LogP contribution < -0.4 is 9.47 Å². The van der Waals surface area contributed by atoms with Crippen molar-refractivity contribution in [2.24, 2.45) is 0 Å². The van der Waals surface area contributed by atoms with Gasteiger partial charge in [0.25, 0.3) is 0 Å². The fourth-order valence-corrected chi connectivity index (χ4v) is 2.47. The maximum Gasteiger partial charge on any atom is 0.231 e. The molecule has 0 saturated carbocycles. The van der Waals surface area contributed by atoms with E-state index in [0.717, 1.165) is 44.0 Å². The van der Waals surface area contributed by atoms with E-state index >= 15 is 0 Å². The SMILES string of the molecule is OC1CCCN(Cc2ccc3c(c2)OCO3)C1. The minimum atomic E-state index is -0.169. The van der Waals surface area contributed by atoms with Gasteiger partial charge in [-0.25, -0.2) is 0 Å². The highest BCUT2D eigenvalue weighted by Gasteiger charge is 2.19. The number of likely N-dealkylation sites (tertiary alicyclic amines) is 1. The number of aliphatic hydroxyl groups is 1. The summed E-state index contributed by atoms with van der Waals surface area (Å²) in [6.45, 7) is 3.02. The summed E-state index contributed by atoms with van der Waals surface area (Å²) in [7, 11) is 0. The smallest absolute Gasteiger partial charge is 0.231 e. The highest BCUT2D eigenvalue weighted by atomic mass is 16.7. The molecular weight excluding hydrogens is 218 g/mol. The van der Waals surface area contributed by atoms with Crippen molar-refractivity contribution in [2.75, 3.05) is 19.9 Å². The molecule has 0 aromatic heterocycles. The highest BCUT2D eigenvalue weighted by molar-refractivity contribution is 5.44. The summed E-state index contributed by atoms with van der Waals surface area (Å²) >= 11 is 0. The first-order valence-electron chi connectivity index (χ1n) is 6.10. The number of nitrogens with zero attached hydrogens (tertiary/aromatic N) is 1. The van der Waals surface area contributed by atoms with Crippen LogP contribution in [0.25, 0.3) is 0 Å². The van der Waals surface area contributed by atoms with Crippen LogP contribution in [0.5, 0.6) is 11.5 Å². The van der Waals surface area contributed by atoms with Gasteiger partial charge < -0.3 is 14.6 Å². The Morgan fingerprint density at radius 3 is 3.06 bits per heavy atom. The highest BCUT2D eigenvalue weighted by Crippen LogP contribution is 2.32. The van der Waals surface area contributed by atoms with Crippen molar-refractivity contribution < 1.29 is 14.6 Å². The monoisotopic (exact) mass is 235 g/mol. The number of hydrogen-bond acceptors (Lipinski definition) is 4. The number of β-amino-alcohol motifs (C(OH)–C–C–N with tert-alkyl or cyclic N) is 1. The van der Waals surface area contributed by atoms with Gasteiger partial charge in [-0.05, 0) is 37.1 Å². The summed E-state index contributed by atoms with van der Waals surface area (Å²) in [4.78, 5) is 2.28. The molecule has 4 nitrogen and oxygen atoms in total. The van der Waals surface area contributed by atoms with Gasteiger partial charge in [-0.2, -0.15) is 0 Å². The molecule has 0 spiro atoms. The summed E-state index contributed by atoms with van der Waals surface area (Å²) in [6, 6.07) is 6.05. The maximum absolute atomic E-state index is 9.63. The Bertz CT molecular complexity index is 408. The Hall–Kier alpha value is -1.26. The van der Waals surface area contributed by atoms with Crippen molar-refractivity contribution in [1.82, 2.24) is 4.90 Å². The number of aliphatic hydroxyl groups excluding tert-OH is 1. The van der Waals surface area contributed by atoms with Gasteiger partial charge in [0.1, 0.15) is 0 Å². The number of ether oxygens (including phenoxy) is 2. The molecule has 1 unspecified atom stereocenters. The van der Waals surface area contributed by atoms with Gasteiger partial charge in [-0.1, -0.05) is 6.07 Å². The summed E-state index contributed by atoms with van der Waals surface area (Å²) in [5, 5.41) is 9.63. The number of piperidine rings is 1. The van der Waals surface area contributed by atoms with E-state index in [-0.39, 0.29) is 6.10 Å². The molecule has 1 aromatic carbocycles. The third-order valence-electron chi connectivity index (χ3n) is 3.32. The molecular formula is C13H17NO3. The summed E-state index contributed by atoms with van der Waals surface area (Å²) in [5.74, 6) is 1.66. The number of benzene rings is 1. The normalized spacial score (nSPS) is 23.9. The Morgan fingerprint density at radius 1 is 1.29 bits per heavy atom. The molecule has 2 aliphatic rings. The predicted octanol–water partition coefficient (Wildman–Crippen LogP) is 1.37. The van der Waals surface area contributed by atoms with Crippen molar-refractivity contribution in [1.29, 1.82) is 0 Å². The van der Waals surface area contributed by atoms with Gasteiger partial charge in [0.15, 0.2) is 11.5 Å². The lowest BCUT2D eigenvalue weighted by Gasteiger charge is -2.29. The van der Waals surface area contributed by atoms with Crippen molar-refractivity contribution in [3.63, 3.8) is 0 Å². The largest absolute Gasteiger partial charge is 0.454 e. The van der Waals surface area contributed by atoms with Crippen LogP contribution in [0.2, 0.25) is 0 Å². The van der Waals surface area contributed by atoms with E-state index in [2.05, 4.69) is 11.0 Å². The van der Waals surface area contributed by atoms with Gasteiger partial charge in [0.2, 0.25) is 6.79 Å². The van der Waals surface area contributed by atoms with Crippen LogP contribution in [0, 0.1) is 0 Å². The Morgan fingerprint density at radius 2 is 2.18 bits per heavy atom. The van der Waals surface area contributed by atoms with Crippen LogP contribution in [-0.4, -0.2) is 36.0 Å². The second kappa shape index (κ2) is 4.55. The number of fused-ring (bicyclic) bond motifs is 1. The standard InChI is InChI=1S/C13H17NO3/c15-11-2-1-5-14(8-11)7-10-3-4-12-13(6-10)17-9-16-12/h3-4,6,11,15H,1-2,5,7-9H2. The van der Waals surface area contributed by atoms with Gasteiger partial charge in [-0.3, -0.25) is 4.90 Å². The zero-order chi connectivity index (χ0) is 11.7. The lowest BCUT2D eigenvalue weighted by Crippen LogP contribution is -2.37. The molecule has 1 atom stereocenters. The molecule has 0 amide bonds. The van der Waals surface area contributed by atoms with E-state index < -0.39 is 0 Å². The maximum atomic E-state index is 9.63. The lowest BCUT2D eigenvalue weighted by molar-refractivity contribution is 0.0668. The second-order valence-electron chi connectivity index (χ2n) is 4.72. The van der Waals surface area contributed by atoms with Gasteiger partial charge in [0, 0.05) is 13.1 Å². The van der Waals surface area contributed by atoms with Crippen molar-refractivity contribution in [2.45, 2.75) is 25.5 Å². The van der Waals surface area contributed by atoms with Crippen molar-refractivity contribution in [3.8, 4) is 11.5 Å². The minimum Gasteiger partial charge on any atom is -0.454 e. The molecule has 3 rings (SSSR count). The zero-order valence-electron chi connectivity index (χ0n) is 9.76. The lowest BCUT2D eigenvalue weighted by atomic mass is 10.1. The molecule has 0 aliphatic carbocycles. The minimum absolute atomic E-state index is 0.169. The summed E-state index contributed by atoms with van der Waals surface area (Å²) in [5.41, 5.74) is 1.21. The molecule has 1 saturated heterocycles. The summed E-state index contributed by atoms with van der Waals surface area (Å²) < 4.78 is 10.6. The van der Waals surface area contributed by atoms with Crippen LogP contribution in [-0.2, 0) is 6.54 Å². The Kier molecular flexibility index (Phi) is 2.91. The average molecular weight is 235 g/mol. The van der Waals surface area contributed by atoms with E-state index in [0.29, 0.717) is 6.79 Å². The van der Waals surface area contributed by atoms with Crippen LogP contribution >= 0.6 is 0 Å². The molecule has 0 radical (unpaired) electrons. The van der Waals surface area contributed by atoms with Crippen LogP contribution in [0.4, 0.5) is 0 Å². The molecule has 2 heterocycles. The van der Waals surface area contributed by atoms with E-state index in [1.54, 1.807) is 0 Å². The fraction of sp³-hybridized carbons (Fsp3) is 0.538. The number of rotatable bonds is 2. The predicted molar refractivity (Wildman–Crippen MR) is 63.1 cm³/mol. The molecule has 1 aromatic rings. The van der Waals surface area contributed by atoms with E-state index in [9.17, 15) is 5.11 Å². The first-order valence-corrected chi connectivity index (χ1v) is 6.10. The van der Waals surface area contributed by atoms with Crippen molar-refractivity contribution in [3.05, 3.63) is 23.8 Å². The molecule has 92 valence electrons.